The number of carbonyl (C=O) groups excluding carboxylic acids is 2. The van der Waals surface area contributed by atoms with Crippen molar-refractivity contribution in [3.05, 3.63) is 78.6 Å². The van der Waals surface area contributed by atoms with Crippen LogP contribution in [-0.4, -0.2) is 34.2 Å². The lowest BCUT2D eigenvalue weighted by atomic mass is 10.1. The number of para-hydroxylation sites is 1. The van der Waals surface area contributed by atoms with Crippen molar-refractivity contribution in [2.24, 2.45) is 0 Å². The summed E-state index contributed by atoms with van der Waals surface area (Å²) in [6.45, 7) is 0.617. The summed E-state index contributed by atoms with van der Waals surface area (Å²) in [5.74, 6) is -0.196. The van der Waals surface area contributed by atoms with Crippen molar-refractivity contribution in [2.45, 2.75) is 18.9 Å². The van der Waals surface area contributed by atoms with Crippen molar-refractivity contribution in [2.75, 3.05) is 11.4 Å². The highest BCUT2D eigenvalue weighted by atomic mass is 16.2. The Hall–Kier alpha value is -3.41. The summed E-state index contributed by atoms with van der Waals surface area (Å²) in [5.41, 5.74) is 2.70. The number of nitrogens with one attached hydrogen (secondary N) is 1. The quantitative estimate of drug-likeness (QED) is 0.759. The van der Waals surface area contributed by atoms with E-state index < -0.39 is 6.04 Å². The predicted molar refractivity (Wildman–Crippen MR) is 103 cm³/mol. The molecule has 1 fully saturated rings. The molecule has 0 radical (unpaired) electrons. The Labute approximate surface area is 157 Å². The highest BCUT2D eigenvalue weighted by molar-refractivity contribution is 6.01. The minimum Gasteiger partial charge on any atom is -0.344 e. The number of carbonyl (C=O) groups is 2. The first-order valence-electron chi connectivity index (χ1n) is 8.95. The smallest absolute Gasteiger partial charge is 0.249 e. The maximum absolute atomic E-state index is 12.6. The summed E-state index contributed by atoms with van der Waals surface area (Å²) in [4.78, 5) is 26.7. The highest BCUT2D eigenvalue weighted by Crippen LogP contribution is 2.21. The summed E-state index contributed by atoms with van der Waals surface area (Å²) in [6.07, 6.45) is 4.46. The van der Waals surface area contributed by atoms with Crippen LogP contribution in [0.2, 0.25) is 0 Å². The number of aromatic nitrogens is 2. The lowest BCUT2D eigenvalue weighted by molar-refractivity contribution is -0.126. The Morgan fingerprint density at radius 1 is 1.04 bits per heavy atom. The van der Waals surface area contributed by atoms with Crippen molar-refractivity contribution < 1.29 is 9.59 Å². The summed E-state index contributed by atoms with van der Waals surface area (Å²) >= 11 is 0. The van der Waals surface area contributed by atoms with Gasteiger partial charge in [0, 0.05) is 24.6 Å². The SMILES string of the molecule is O=C(Cc1ccc(-n2cccn2)cc1)NC1CCN(c2ccccc2)C1=O. The Balaban J connectivity index is 1.35. The van der Waals surface area contributed by atoms with Crippen LogP contribution in [0, 0.1) is 0 Å². The molecular formula is C21H20N4O2. The van der Waals surface area contributed by atoms with E-state index in [-0.39, 0.29) is 18.2 Å². The summed E-state index contributed by atoms with van der Waals surface area (Å²) < 4.78 is 1.76. The van der Waals surface area contributed by atoms with E-state index in [0.717, 1.165) is 16.9 Å². The third kappa shape index (κ3) is 3.74. The molecule has 1 aromatic heterocycles. The second-order valence-electron chi connectivity index (χ2n) is 6.53. The van der Waals surface area contributed by atoms with E-state index in [9.17, 15) is 9.59 Å². The summed E-state index contributed by atoms with van der Waals surface area (Å²) in [7, 11) is 0. The maximum atomic E-state index is 12.6. The van der Waals surface area contributed by atoms with E-state index in [4.69, 9.17) is 0 Å². The number of hydrogen-bond donors (Lipinski definition) is 1. The lowest BCUT2D eigenvalue weighted by Gasteiger charge is -2.17. The van der Waals surface area contributed by atoms with Crippen LogP contribution >= 0.6 is 0 Å². The number of nitrogens with zero attached hydrogens (tertiary/aromatic N) is 3. The van der Waals surface area contributed by atoms with Crippen molar-refractivity contribution >= 4 is 17.5 Å². The molecule has 1 N–H and O–H groups in total. The number of anilines is 1. The van der Waals surface area contributed by atoms with E-state index in [0.29, 0.717) is 13.0 Å². The van der Waals surface area contributed by atoms with Gasteiger partial charge >= 0.3 is 0 Å². The van der Waals surface area contributed by atoms with Crippen molar-refractivity contribution in [3.63, 3.8) is 0 Å². The zero-order chi connectivity index (χ0) is 18.6. The molecule has 2 heterocycles. The number of hydrogen-bond acceptors (Lipinski definition) is 3. The zero-order valence-corrected chi connectivity index (χ0v) is 14.8. The van der Waals surface area contributed by atoms with Crippen LogP contribution in [0.3, 0.4) is 0 Å². The van der Waals surface area contributed by atoms with Gasteiger partial charge in [0.2, 0.25) is 11.8 Å². The van der Waals surface area contributed by atoms with Crippen molar-refractivity contribution in [1.29, 1.82) is 0 Å². The predicted octanol–water partition coefficient (Wildman–Crippen LogP) is 2.34. The molecule has 136 valence electrons. The molecule has 1 aliphatic rings. The lowest BCUT2D eigenvalue weighted by Crippen LogP contribution is -2.42. The van der Waals surface area contributed by atoms with Crippen LogP contribution in [0.4, 0.5) is 5.69 Å². The fourth-order valence-corrected chi connectivity index (χ4v) is 3.30. The molecule has 0 saturated carbocycles. The van der Waals surface area contributed by atoms with E-state index >= 15 is 0 Å². The van der Waals surface area contributed by atoms with E-state index in [2.05, 4.69) is 10.4 Å². The van der Waals surface area contributed by atoms with Crippen LogP contribution in [0.25, 0.3) is 5.69 Å². The second kappa shape index (κ2) is 7.45. The van der Waals surface area contributed by atoms with Gasteiger partial charge in [-0.05, 0) is 42.3 Å². The summed E-state index contributed by atoms with van der Waals surface area (Å²) in [5, 5.41) is 7.05. The standard InChI is InChI=1S/C21H20N4O2/c26-20(15-16-7-9-18(10-8-16)25-13-4-12-22-25)23-19-11-14-24(21(19)27)17-5-2-1-3-6-17/h1-10,12-13,19H,11,14-15H2,(H,23,26). The number of amides is 2. The van der Waals surface area contributed by atoms with Gasteiger partial charge in [0.15, 0.2) is 0 Å². The molecule has 6 nitrogen and oxygen atoms in total. The van der Waals surface area contributed by atoms with Crippen LogP contribution in [0.15, 0.2) is 73.1 Å². The fraction of sp³-hybridized carbons (Fsp3) is 0.190. The van der Waals surface area contributed by atoms with Gasteiger partial charge in [0.25, 0.3) is 0 Å². The van der Waals surface area contributed by atoms with Gasteiger partial charge in [0.05, 0.1) is 12.1 Å². The molecule has 3 aromatic rings. The van der Waals surface area contributed by atoms with E-state index in [1.54, 1.807) is 15.8 Å². The first kappa shape index (κ1) is 17.0. The first-order valence-corrected chi connectivity index (χ1v) is 8.95. The van der Waals surface area contributed by atoms with Crippen LogP contribution < -0.4 is 10.2 Å². The molecule has 0 bridgehead atoms. The Kier molecular flexibility index (Phi) is 4.70. The van der Waals surface area contributed by atoms with Crippen LogP contribution in [0.1, 0.15) is 12.0 Å². The molecule has 6 heteroatoms. The van der Waals surface area contributed by atoms with E-state index in [1.165, 1.54) is 0 Å². The topological polar surface area (TPSA) is 67.2 Å². The normalized spacial score (nSPS) is 16.5. The third-order valence-electron chi connectivity index (χ3n) is 4.68. The molecule has 0 aliphatic carbocycles. The van der Waals surface area contributed by atoms with E-state index in [1.807, 2.05) is 66.9 Å². The van der Waals surface area contributed by atoms with Gasteiger partial charge in [-0.15, -0.1) is 0 Å². The molecule has 0 spiro atoms. The minimum atomic E-state index is -0.457. The molecule has 1 unspecified atom stereocenters. The largest absolute Gasteiger partial charge is 0.344 e. The summed E-state index contributed by atoms with van der Waals surface area (Å²) in [6, 6.07) is 18.6. The molecular weight excluding hydrogens is 340 g/mol. The highest BCUT2D eigenvalue weighted by Gasteiger charge is 2.33. The average Bonchev–Trinajstić information content (AvgIpc) is 3.34. The Bertz CT molecular complexity index is 921. The number of rotatable bonds is 5. The molecule has 27 heavy (non-hydrogen) atoms. The monoisotopic (exact) mass is 360 g/mol. The molecule has 1 aliphatic heterocycles. The van der Waals surface area contributed by atoms with Gasteiger partial charge in [-0.3, -0.25) is 9.59 Å². The van der Waals surface area contributed by atoms with Gasteiger partial charge in [-0.25, -0.2) is 4.68 Å². The Morgan fingerprint density at radius 2 is 1.81 bits per heavy atom. The van der Waals surface area contributed by atoms with Gasteiger partial charge in [-0.2, -0.15) is 5.10 Å². The Morgan fingerprint density at radius 3 is 2.52 bits per heavy atom. The van der Waals surface area contributed by atoms with Crippen LogP contribution in [-0.2, 0) is 16.0 Å². The first-order chi connectivity index (χ1) is 13.2. The third-order valence-corrected chi connectivity index (χ3v) is 4.68. The van der Waals surface area contributed by atoms with Gasteiger partial charge in [0.1, 0.15) is 6.04 Å². The molecule has 1 atom stereocenters. The molecule has 4 rings (SSSR count). The van der Waals surface area contributed by atoms with Gasteiger partial charge < -0.3 is 10.2 Å². The minimum absolute atomic E-state index is 0.0522. The number of benzene rings is 2. The van der Waals surface area contributed by atoms with Crippen molar-refractivity contribution in [1.82, 2.24) is 15.1 Å². The van der Waals surface area contributed by atoms with Crippen LogP contribution in [0.5, 0.6) is 0 Å². The molecule has 1 saturated heterocycles. The molecule has 2 aromatic carbocycles. The van der Waals surface area contributed by atoms with Crippen molar-refractivity contribution in [3.8, 4) is 5.69 Å². The van der Waals surface area contributed by atoms with Gasteiger partial charge in [-0.1, -0.05) is 30.3 Å². The second-order valence-corrected chi connectivity index (χ2v) is 6.53. The maximum Gasteiger partial charge on any atom is 0.249 e. The fourth-order valence-electron chi connectivity index (χ4n) is 3.30. The average molecular weight is 360 g/mol. The molecule has 2 amide bonds. The zero-order valence-electron chi connectivity index (χ0n) is 14.8.